The molecule has 1 aromatic heterocycles. The first kappa shape index (κ1) is 11.7. The summed E-state index contributed by atoms with van der Waals surface area (Å²) in [6.45, 7) is 2.62. The molecule has 0 aliphatic heterocycles. The number of aromatic nitrogens is 2. The Labute approximate surface area is 110 Å². The third-order valence-corrected chi connectivity index (χ3v) is 3.25. The summed E-state index contributed by atoms with van der Waals surface area (Å²) in [5, 5.41) is 12.0. The van der Waals surface area contributed by atoms with Crippen molar-refractivity contribution in [3.05, 3.63) is 34.7 Å². The Kier molecular flexibility index (Phi) is 3.06. The predicted molar refractivity (Wildman–Crippen MR) is 69.3 cm³/mol. The first-order valence-corrected chi connectivity index (χ1v) is 6.42. The molecular weight excluding hydrogens is 250 g/mol. The van der Waals surface area contributed by atoms with Crippen molar-refractivity contribution in [3.63, 3.8) is 0 Å². The van der Waals surface area contributed by atoms with Gasteiger partial charge in [-0.25, -0.2) is 0 Å². The molecule has 1 fully saturated rings. The monoisotopic (exact) mass is 263 g/mol. The summed E-state index contributed by atoms with van der Waals surface area (Å²) in [5.41, 5.74) is 1.89. The Morgan fingerprint density at radius 2 is 2.22 bits per heavy atom. The normalized spacial score (nSPS) is 15.0. The minimum Gasteiger partial charge on any atom is -0.419 e. The topological polar surface area (TPSA) is 51.0 Å². The average Bonchev–Trinajstić information content (AvgIpc) is 3.05. The first-order valence-electron chi connectivity index (χ1n) is 6.04. The van der Waals surface area contributed by atoms with Gasteiger partial charge in [0.15, 0.2) is 0 Å². The number of rotatable bonds is 4. The molecule has 2 aromatic rings. The van der Waals surface area contributed by atoms with E-state index in [1.165, 1.54) is 12.8 Å². The number of hydrogen-bond donors (Lipinski definition) is 1. The van der Waals surface area contributed by atoms with E-state index in [1.807, 2.05) is 25.1 Å². The van der Waals surface area contributed by atoms with Gasteiger partial charge in [-0.1, -0.05) is 17.7 Å². The van der Waals surface area contributed by atoms with Crippen molar-refractivity contribution in [1.82, 2.24) is 15.5 Å². The number of nitrogens with one attached hydrogen (secondary N) is 1. The van der Waals surface area contributed by atoms with Gasteiger partial charge in [0.1, 0.15) is 0 Å². The van der Waals surface area contributed by atoms with Crippen molar-refractivity contribution in [2.24, 2.45) is 0 Å². The highest BCUT2D eigenvalue weighted by Gasteiger charge is 2.21. The van der Waals surface area contributed by atoms with E-state index < -0.39 is 0 Å². The summed E-state index contributed by atoms with van der Waals surface area (Å²) < 4.78 is 5.60. The lowest BCUT2D eigenvalue weighted by Gasteiger charge is -2.00. The second kappa shape index (κ2) is 4.71. The maximum absolute atomic E-state index is 6.17. The summed E-state index contributed by atoms with van der Waals surface area (Å²) in [6, 6.07) is 6.41. The van der Waals surface area contributed by atoms with Crippen LogP contribution in [0.2, 0.25) is 5.02 Å². The van der Waals surface area contributed by atoms with Crippen LogP contribution in [0.1, 0.15) is 24.3 Å². The molecule has 1 aliphatic carbocycles. The molecule has 1 aliphatic rings. The quantitative estimate of drug-likeness (QED) is 0.921. The molecule has 1 aromatic carbocycles. The van der Waals surface area contributed by atoms with E-state index in [2.05, 4.69) is 15.5 Å². The van der Waals surface area contributed by atoms with Crippen molar-refractivity contribution >= 4 is 11.6 Å². The fraction of sp³-hybridized carbons (Fsp3) is 0.385. The molecule has 1 N–H and O–H groups in total. The molecule has 94 valence electrons. The van der Waals surface area contributed by atoms with E-state index in [4.69, 9.17) is 16.0 Å². The van der Waals surface area contributed by atoms with Gasteiger partial charge in [0.05, 0.1) is 17.1 Å². The van der Waals surface area contributed by atoms with Gasteiger partial charge in [-0.2, -0.15) is 0 Å². The summed E-state index contributed by atoms with van der Waals surface area (Å²) in [7, 11) is 0. The summed E-state index contributed by atoms with van der Waals surface area (Å²) in [5.74, 6) is 1.08. The molecular formula is C13H14ClN3O. The standard InChI is InChI=1S/C13H14ClN3O/c1-8-2-5-10(11(14)6-8)13-17-16-12(18-13)7-15-9-3-4-9/h2,5-6,9,15H,3-4,7H2,1H3. The van der Waals surface area contributed by atoms with Gasteiger partial charge in [0.2, 0.25) is 11.8 Å². The molecule has 1 heterocycles. The van der Waals surface area contributed by atoms with Crippen LogP contribution in [0.4, 0.5) is 0 Å². The zero-order valence-electron chi connectivity index (χ0n) is 10.1. The molecule has 18 heavy (non-hydrogen) atoms. The third kappa shape index (κ3) is 2.54. The minimum absolute atomic E-state index is 0.479. The Morgan fingerprint density at radius 3 is 2.94 bits per heavy atom. The van der Waals surface area contributed by atoms with Crippen LogP contribution in [0.5, 0.6) is 0 Å². The Bertz CT molecular complexity index is 563. The van der Waals surface area contributed by atoms with E-state index in [1.54, 1.807) is 0 Å². The summed E-state index contributed by atoms with van der Waals surface area (Å²) >= 11 is 6.17. The summed E-state index contributed by atoms with van der Waals surface area (Å²) in [4.78, 5) is 0. The van der Waals surface area contributed by atoms with Gasteiger partial charge in [0, 0.05) is 6.04 Å². The molecule has 4 nitrogen and oxygen atoms in total. The second-order valence-corrected chi connectivity index (χ2v) is 5.05. The molecule has 0 unspecified atom stereocenters. The zero-order chi connectivity index (χ0) is 12.5. The molecule has 0 saturated heterocycles. The molecule has 0 radical (unpaired) electrons. The van der Waals surface area contributed by atoms with E-state index in [9.17, 15) is 0 Å². The van der Waals surface area contributed by atoms with E-state index in [0.29, 0.717) is 29.4 Å². The van der Waals surface area contributed by atoms with Crippen molar-refractivity contribution < 1.29 is 4.42 Å². The number of hydrogen-bond acceptors (Lipinski definition) is 4. The van der Waals surface area contributed by atoms with Crippen LogP contribution < -0.4 is 5.32 Å². The molecule has 1 saturated carbocycles. The highest BCUT2D eigenvalue weighted by atomic mass is 35.5. The van der Waals surface area contributed by atoms with Crippen LogP contribution in [-0.4, -0.2) is 16.2 Å². The fourth-order valence-corrected chi connectivity index (χ4v) is 2.06. The van der Waals surface area contributed by atoms with Gasteiger partial charge in [-0.3, -0.25) is 0 Å². The van der Waals surface area contributed by atoms with E-state index in [0.717, 1.165) is 11.1 Å². The van der Waals surface area contributed by atoms with Crippen LogP contribution in [-0.2, 0) is 6.54 Å². The molecule has 3 rings (SSSR count). The lowest BCUT2D eigenvalue weighted by molar-refractivity contribution is 0.476. The Hall–Kier alpha value is -1.39. The van der Waals surface area contributed by atoms with E-state index >= 15 is 0 Å². The van der Waals surface area contributed by atoms with Gasteiger partial charge >= 0.3 is 0 Å². The predicted octanol–water partition coefficient (Wildman–Crippen LogP) is 2.95. The van der Waals surface area contributed by atoms with Crippen LogP contribution >= 0.6 is 11.6 Å². The number of benzene rings is 1. The highest BCUT2D eigenvalue weighted by molar-refractivity contribution is 6.33. The first-order chi connectivity index (χ1) is 8.72. The number of halogens is 1. The van der Waals surface area contributed by atoms with Crippen LogP contribution in [0.3, 0.4) is 0 Å². The Morgan fingerprint density at radius 1 is 1.39 bits per heavy atom. The van der Waals surface area contributed by atoms with Gasteiger partial charge in [0.25, 0.3) is 0 Å². The maximum Gasteiger partial charge on any atom is 0.249 e. The van der Waals surface area contributed by atoms with E-state index in [-0.39, 0.29) is 0 Å². The third-order valence-electron chi connectivity index (χ3n) is 2.94. The van der Waals surface area contributed by atoms with Crippen molar-refractivity contribution in [2.75, 3.05) is 0 Å². The zero-order valence-corrected chi connectivity index (χ0v) is 10.9. The maximum atomic E-state index is 6.17. The van der Waals surface area contributed by atoms with Crippen LogP contribution in [0.25, 0.3) is 11.5 Å². The smallest absolute Gasteiger partial charge is 0.249 e. The minimum atomic E-state index is 0.479. The average molecular weight is 264 g/mol. The van der Waals surface area contributed by atoms with Gasteiger partial charge in [-0.15, -0.1) is 10.2 Å². The second-order valence-electron chi connectivity index (χ2n) is 4.64. The SMILES string of the molecule is Cc1ccc(-c2nnc(CNC3CC3)o2)c(Cl)c1. The molecule has 0 spiro atoms. The highest BCUT2D eigenvalue weighted by Crippen LogP contribution is 2.27. The largest absolute Gasteiger partial charge is 0.419 e. The van der Waals surface area contributed by atoms with Crippen molar-refractivity contribution in [2.45, 2.75) is 32.4 Å². The van der Waals surface area contributed by atoms with Crippen LogP contribution in [0.15, 0.2) is 22.6 Å². The molecule has 0 atom stereocenters. The van der Waals surface area contributed by atoms with Crippen molar-refractivity contribution in [3.8, 4) is 11.5 Å². The summed E-state index contributed by atoms with van der Waals surface area (Å²) in [6.07, 6.45) is 2.48. The van der Waals surface area contributed by atoms with Gasteiger partial charge in [-0.05, 0) is 37.5 Å². The van der Waals surface area contributed by atoms with Crippen molar-refractivity contribution in [1.29, 1.82) is 0 Å². The van der Waals surface area contributed by atoms with Gasteiger partial charge < -0.3 is 9.73 Å². The lowest BCUT2D eigenvalue weighted by atomic mass is 10.1. The van der Waals surface area contributed by atoms with Crippen LogP contribution in [0, 0.1) is 6.92 Å². The molecule has 5 heteroatoms. The Balaban J connectivity index is 1.78. The molecule has 0 bridgehead atoms. The molecule has 0 amide bonds. The number of aryl methyl sites for hydroxylation is 1. The lowest BCUT2D eigenvalue weighted by Crippen LogP contribution is -2.15. The fourth-order valence-electron chi connectivity index (χ4n) is 1.75. The number of nitrogens with zero attached hydrogens (tertiary/aromatic N) is 2.